The number of carbonyl (C=O) groups is 1. The highest BCUT2D eigenvalue weighted by Crippen LogP contribution is 2.22. The number of nitrogens with zero attached hydrogens (tertiary/aromatic N) is 2. The van der Waals surface area contributed by atoms with Crippen molar-refractivity contribution < 1.29 is 9.53 Å². The van der Waals surface area contributed by atoms with Crippen LogP contribution in [0.15, 0.2) is 96.1 Å². The Hall–Kier alpha value is -4.19. The smallest absolute Gasteiger partial charge is 0.289 e. The maximum absolute atomic E-state index is 12.4. The van der Waals surface area contributed by atoms with Crippen molar-refractivity contribution in [2.75, 3.05) is 0 Å². The van der Waals surface area contributed by atoms with Crippen molar-refractivity contribution in [3.05, 3.63) is 108 Å². The van der Waals surface area contributed by atoms with Crippen LogP contribution in [-0.4, -0.2) is 21.8 Å². The summed E-state index contributed by atoms with van der Waals surface area (Å²) < 4.78 is 5.81. The lowest BCUT2D eigenvalue weighted by Crippen LogP contribution is -2.19. The molecule has 3 aromatic carbocycles. The van der Waals surface area contributed by atoms with Gasteiger partial charge < -0.3 is 4.74 Å². The number of H-pyrrole nitrogens is 1. The van der Waals surface area contributed by atoms with E-state index in [4.69, 9.17) is 4.74 Å². The summed E-state index contributed by atoms with van der Waals surface area (Å²) in [6.07, 6.45) is 0. The fraction of sp³-hybridized carbons (Fsp3) is 0.0800. The first-order valence-corrected chi connectivity index (χ1v) is 9.91. The fourth-order valence-electron chi connectivity index (χ4n) is 2.99. The molecule has 4 rings (SSSR count). The highest BCUT2D eigenvalue weighted by Gasteiger charge is 2.11. The van der Waals surface area contributed by atoms with Crippen LogP contribution in [-0.2, 0) is 6.61 Å². The lowest BCUT2D eigenvalue weighted by atomic mass is 10.1. The minimum atomic E-state index is -0.350. The molecule has 6 heteroatoms. The molecule has 0 aliphatic carbocycles. The number of benzene rings is 3. The maximum Gasteiger partial charge on any atom is 0.289 e. The molecule has 6 nitrogen and oxygen atoms in total. The van der Waals surface area contributed by atoms with E-state index >= 15 is 0 Å². The molecule has 0 bridgehead atoms. The zero-order valence-electron chi connectivity index (χ0n) is 17.1. The second kappa shape index (κ2) is 9.54. The summed E-state index contributed by atoms with van der Waals surface area (Å²) in [6, 6.07) is 29.0. The average Bonchev–Trinajstić information content (AvgIpc) is 3.33. The Kier molecular flexibility index (Phi) is 6.18. The number of hydrogen-bond acceptors (Lipinski definition) is 4. The van der Waals surface area contributed by atoms with Crippen molar-refractivity contribution >= 4 is 11.6 Å². The zero-order valence-corrected chi connectivity index (χ0v) is 17.1. The molecule has 0 fully saturated rings. The average molecular weight is 410 g/mol. The summed E-state index contributed by atoms with van der Waals surface area (Å²) >= 11 is 0. The number of aromatic nitrogens is 2. The molecular formula is C25H22N4O2. The highest BCUT2D eigenvalue weighted by molar-refractivity contribution is 6.00. The van der Waals surface area contributed by atoms with Crippen molar-refractivity contribution in [2.24, 2.45) is 5.10 Å². The van der Waals surface area contributed by atoms with Crippen molar-refractivity contribution in [1.82, 2.24) is 15.6 Å². The SMILES string of the molecule is CC(=NNC(=O)c1cc(-c2ccc(OCc3ccccc3)cc2)n[nH]1)c1ccccc1. The van der Waals surface area contributed by atoms with E-state index in [9.17, 15) is 4.79 Å². The van der Waals surface area contributed by atoms with Gasteiger partial charge in [-0.15, -0.1) is 0 Å². The number of hydrogen-bond donors (Lipinski definition) is 2. The minimum Gasteiger partial charge on any atom is -0.489 e. The van der Waals surface area contributed by atoms with Crippen molar-refractivity contribution in [1.29, 1.82) is 0 Å². The third-order valence-electron chi connectivity index (χ3n) is 4.74. The normalized spacial score (nSPS) is 11.2. The second-order valence-corrected chi connectivity index (χ2v) is 6.97. The molecule has 0 spiro atoms. The Morgan fingerprint density at radius 1 is 0.968 bits per heavy atom. The van der Waals surface area contributed by atoms with Gasteiger partial charge in [0.25, 0.3) is 5.91 Å². The van der Waals surface area contributed by atoms with E-state index in [2.05, 4.69) is 20.7 Å². The van der Waals surface area contributed by atoms with Crippen LogP contribution in [0.5, 0.6) is 5.75 Å². The second-order valence-electron chi connectivity index (χ2n) is 6.97. The van der Waals surface area contributed by atoms with Gasteiger partial charge in [0.1, 0.15) is 18.1 Å². The van der Waals surface area contributed by atoms with Crippen molar-refractivity contribution in [3.63, 3.8) is 0 Å². The molecule has 0 aliphatic heterocycles. The predicted octanol–water partition coefficient (Wildman–Crippen LogP) is 4.81. The number of rotatable bonds is 7. The number of nitrogens with one attached hydrogen (secondary N) is 2. The van der Waals surface area contributed by atoms with E-state index in [0.717, 1.165) is 28.2 Å². The van der Waals surface area contributed by atoms with Crippen LogP contribution in [0.2, 0.25) is 0 Å². The van der Waals surface area contributed by atoms with Gasteiger partial charge in [0.05, 0.1) is 11.4 Å². The van der Waals surface area contributed by atoms with E-state index in [-0.39, 0.29) is 5.91 Å². The van der Waals surface area contributed by atoms with Crippen molar-refractivity contribution in [3.8, 4) is 17.0 Å². The third-order valence-corrected chi connectivity index (χ3v) is 4.74. The Morgan fingerprint density at radius 2 is 1.65 bits per heavy atom. The molecule has 2 N–H and O–H groups in total. The Labute approximate surface area is 180 Å². The van der Waals surface area contributed by atoms with Gasteiger partial charge in [0, 0.05) is 5.56 Å². The summed E-state index contributed by atoms with van der Waals surface area (Å²) in [4.78, 5) is 12.4. The van der Waals surface area contributed by atoms with Gasteiger partial charge in [-0.2, -0.15) is 10.2 Å². The summed E-state index contributed by atoms with van der Waals surface area (Å²) in [5.74, 6) is 0.420. The number of amides is 1. The van der Waals surface area contributed by atoms with Crippen LogP contribution < -0.4 is 10.2 Å². The molecule has 0 atom stereocenters. The Bertz CT molecular complexity index is 1170. The molecular weight excluding hydrogens is 388 g/mol. The first-order chi connectivity index (χ1) is 15.2. The third kappa shape index (κ3) is 5.25. The number of carbonyl (C=O) groups excluding carboxylic acids is 1. The Morgan fingerprint density at radius 3 is 2.35 bits per heavy atom. The molecule has 154 valence electrons. The summed E-state index contributed by atoms with van der Waals surface area (Å²) in [5, 5.41) is 11.2. The molecule has 0 aliphatic rings. The molecule has 1 aromatic heterocycles. The largest absolute Gasteiger partial charge is 0.489 e. The van der Waals surface area contributed by atoms with E-state index in [1.807, 2.05) is 91.9 Å². The molecule has 0 saturated carbocycles. The standard InChI is InChI=1S/C25H22N4O2/c1-18(20-10-6-3-7-11-20)26-29-25(30)24-16-23(27-28-24)21-12-14-22(15-13-21)31-17-19-8-4-2-5-9-19/h2-16H,17H2,1H3,(H,27,28)(H,29,30). The monoisotopic (exact) mass is 410 g/mol. The van der Waals surface area contributed by atoms with Gasteiger partial charge in [0.15, 0.2) is 0 Å². The van der Waals surface area contributed by atoms with E-state index < -0.39 is 0 Å². The first kappa shape index (κ1) is 20.1. The van der Waals surface area contributed by atoms with Crippen LogP contribution >= 0.6 is 0 Å². The Balaban J connectivity index is 1.37. The molecule has 0 saturated heterocycles. The van der Waals surface area contributed by atoms with Gasteiger partial charge in [-0.05, 0) is 48.4 Å². The van der Waals surface area contributed by atoms with Crippen LogP contribution in [0.1, 0.15) is 28.5 Å². The lowest BCUT2D eigenvalue weighted by molar-refractivity contribution is 0.0950. The molecule has 0 radical (unpaired) electrons. The minimum absolute atomic E-state index is 0.337. The van der Waals surface area contributed by atoms with Crippen LogP contribution in [0.3, 0.4) is 0 Å². The number of hydrazone groups is 1. The van der Waals surface area contributed by atoms with Gasteiger partial charge in [-0.1, -0.05) is 60.7 Å². The molecule has 0 unspecified atom stereocenters. The lowest BCUT2D eigenvalue weighted by Gasteiger charge is -2.06. The van der Waals surface area contributed by atoms with Gasteiger partial charge in [-0.3, -0.25) is 9.89 Å². The predicted molar refractivity (Wildman–Crippen MR) is 121 cm³/mol. The topological polar surface area (TPSA) is 79.4 Å². The summed E-state index contributed by atoms with van der Waals surface area (Å²) in [7, 11) is 0. The van der Waals surface area contributed by atoms with Crippen LogP contribution in [0, 0.1) is 0 Å². The summed E-state index contributed by atoms with van der Waals surface area (Å²) in [6.45, 7) is 2.35. The van der Waals surface area contributed by atoms with Gasteiger partial charge in [0.2, 0.25) is 0 Å². The van der Waals surface area contributed by atoms with Crippen LogP contribution in [0.25, 0.3) is 11.3 Å². The van der Waals surface area contributed by atoms with E-state index in [1.165, 1.54) is 0 Å². The summed E-state index contributed by atoms with van der Waals surface area (Å²) in [5.41, 5.74) is 7.23. The van der Waals surface area contributed by atoms with E-state index in [0.29, 0.717) is 18.0 Å². The molecule has 4 aromatic rings. The fourth-order valence-corrected chi connectivity index (χ4v) is 2.99. The van der Waals surface area contributed by atoms with Gasteiger partial charge >= 0.3 is 0 Å². The molecule has 1 heterocycles. The van der Waals surface area contributed by atoms with Crippen molar-refractivity contribution in [2.45, 2.75) is 13.5 Å². The van der Waals surface area contributed by atoms with E-state index in [1.54, 1.807) is 6.07 Å². The highest BCUT2D eigenvalue weighted by atomic mass is 16.5. The van der Waals surface area contributed by atoms with Crippen LogP contribution in [0.4, 0.5) is 0 Å². The number of ether oxygens (including phenoxy) is 1. The number of aromatic amines is 1. The molecule has 31 heavy (non-hydrogen) atoms. The molecule has 1 amide bonds. The zero-order chi connectivity index (χ0) is 21.5. The first-order valence-electron chi connectivity index (χ1n) is 9.91. The quantitative estimate of drug-likeness (QED) is 0.339. The van der Waals surface area contributed by atoms with Gasteiger partial charge in [-0.25, -0.2) is 5.43 Å². The maximum atomic E-state index is 12.4.